The average Bonchev–Trinajstić information content (AvgIpc) is 2.62. The van der Waals surface area contributed by atoms with E-state index in [4.69, 9.17) is 0 Å². The van der Waals surface area contributed by atoms with Crippen molar-refractivity contribution < 1.29 is 27.1 Å². The fourth-order valence-electron chi connectivity index (χ4n) is 3.37. The highest BCUT2D eigenvalue weighted by Gasteiger charge is 2.27. The number of primary amides is 1. The summed E-state index contributed by atoms with van der Waals surface area (Å²) < 4.78 is 0. The first kappa shape index (κ1) is 22.6. The molecule has 0 aliphatic rings. The number of hydrogen-bond donors (Lipinski definition) is 1. The number of quaternary nitrogens is 1. The van der Waals surface area contributed by atoms with E-state index in [0.29, 0.717) is 0 Å². The Balaban J connectivity index is 0.00000338. The van der Waals surface area contributed by atoms with Crippen LogP contribution in [-0.2, 0) is 4.79 Å². The lowest BCUT2D eigenvalue weighted by molar-refractivity contribution is -0.570. The highest BCUT2D eigenvalue weighted by molar-refractivity contribution is 5.80. The molecule has 3 heteroatoms. The molecule has 1 atom stereocenters. The van der Waals surface area contributed by atoms with Gasteiger partial charge in [0.05, 0.1) is 6.54 Å². The van der Waals surface area contributed by atoms with Crippen LogP contribution in [0.3, 0.4) is 0 Å². The van der Waals surface area contributed by atoms with E-state index in [9.17, 15) is 4.79 Å². The number of hydrogen-bond acceptors (Lipinski definition) is 1. The van der Waals surface area contributed by atoms with Crippen LogP contribution < -0.4 is 22.3 Å². The van der Waals surface area contributed by atoms with E-state index >= 15 is 0 Å². The molecule has 0 aromatic heterocycles. The normalized spacial score (nSPS) is 11.7. The van der Waals surface area contributed by atoms with E-state index in [0.717, 1.165) is 24.1 Å². The van der Waals surface area contributed by atoms with Crippen LogP contribution in [0.4, 0.5) is 0 Å². The molecule has 2 aromatic rings. The van der Waals surface area contributed by atoms with Gasteiger partial charge in [-0.05, 0) is 61.4 Å². The van der Waals surface area contributed by atoms with Crippen molar-refractivity contribution in [1.82, 2.24) is 0 Å². The molecule has 0 fully saturated rings. The lowest BCUT2D eigenvalue weighted by Gasteiger charge is -2.19. The van der Waals surface area contributed by atoms with Crippen LogP contribution in [0.1, 0.15) is 66.3 Å². The summed E-state index contributed by atoms with van der Waals surface area (Å²) in [4.78, 5) is 13.1. The van der Waals surface area contributed by atoms with E-state index in [-0.39, 0.29) is 28.8 Å². The molecule has 142 valence electrons. The maximum Gasteiger partial charge on any atom is 0.322 e. The molecule has 0 saturated heterocycles. The number of nitrogens with two attached hydrogens (primary N) is 1. The van der Waals surface area contributed by atoms with Crippen molar-refractivity contribution in [2.24, 2.45) is 0 Å². The molecule has 26 heavy (non-hydrogen) atoms. The van der Waals surface area contributed by atoms with Gasteiger partial charge in [-0.15, -0.1) is 0 Å². The summed E-state index contributed by atoms with van der Waals surface area (Å²) in [7, 11) is 0. The number of halogens is 1. The maximum atomic E-state index is 13.1. The van der Waals surface area contributed by atoms with E-state index < -0.39 is 0 Å². The van der Waals surface area contributed by atoms with Crippen LogP contribution in [-0.4, -0.2) is 12.5 Å². The minimum atomic E-state index is -0.188. The quantitative estimate of drug-likeness (QED) is 0.647. The van der Waals surface area contributed by atoms with Gasteiger partial charge >= 0.3 is 5.91 Å². The number of amides is 1. The summed E-state index contributed by atoms with van der Waals surface area (Å²) in [5, 5.41) is 1.92. The molecule has 1 amide bonds. The fourth-order valence-corrected chi connectivity index (χ4v) is 3.37. The predicted octanol–water partition coefficient (Wildman–Crippen LogP) is 1.42. The van der Waals surface area contributed by atoms with Crippen molar-refractivity contribution in [2.45, 2.75) is 59.3 Å². The summed E-state index contributed by atoms with van der Waals surface area (Å²) in [6.45, 7) is 9.51. The van der Waals surface area contributed by atoms with Crippen LogP contribution in [0.15, 0.2) is 42.5 Å². The van der Waals surface area contributed by atoms with Crippen LogP contribution in [0.5, 0.6) is 0 Å². The van der Waals surface area contributed by atoms with E-state index in [1.807, 2.05) is 23.5 Å². The number of carbonyl (C=O) groups excluding carboxylic acids is 1. The molecule has 2 nitrogen and oxygen atoms in total. The van der Waals surface area contributed by atoms with Gasteiger partial charge < -0.3 is 17.0 Å². The molecule has 2 rings (SSSR count). The van der Waals surface area contributed by atoms with Gasteiger partial charge in [-0.25, -0.2) is 4.79 Å². The van der Waals surface area contributed by atoms with E-state index in [2.05, 4.69) is 52.0 Å². The first-order valence-electron chi connectivity index (χ1n) is 9.55. The highest BCUT2D eigenvalue weighted by atomic mass is 79.9. The third-order valence-electron chi connectivity index (χ3n) is 5.23. The third kappa shape index (κ3) is 5.78. The van der Waals surface area contributed by atoms with Gasteiger partial charge in [-0.3, -0.25) is 5.32 Å². The molecule has 0 radical (unpaired) electrons. The molecule has 2 aromatic carbocycles. The molecule has 1 unspecified atom stereocenters. The Morgan fingerprint density at radius 2 is 1.62 bits per heavy atom. The summed E-state index contributed by atoms with van der Waals surface area (Å²) in [5.41, 5.74) is 6.03. The van der Waals surface area contributed by atoms with Gasteiger partial charge in [0.15, 0.2) is 0 Å². The Bertz CT molecular complexity index is 697. The summed E-state index contributed by atoms with van der Waals surface area (Å²) in [6, 6.07) is 14.5. The highest BCUT2D eigenvalue weighted by Crippen LogP contribution is 2.29. The van der Waals surface area contributed by atoms with E-state index in [1.165, 1.54) is 36.0 Å². The van der Waals surface area contributed by atoms with Crippen molar-refractivity contribution in [2.75, 3.05) is 6.54 Å². The van der Waals surface area contributed by atoms with Gasteiger partial charge in [-0.1, -0.05) is 62.2 Å². The van der Waals surface area contributed by atoms with Crippen molar-refractivity contribution in [1.29, 1.82) is 0 Å². The summed E-state index contributed by atoms with van der Waals surface area (Å²) >= 11 is 0. The molecule has 0 saturated carbocycles. The molecule has 0 spiro atoms. The average molecular weight is 418 g/mol. The van der Waals surface area contributed by atoms with Gasteiger partial charge in [0, 0.05) is 0 Å². The zero-order chi connectivity index (χ0) is 18.2. The van der Waals surface area contributed by atoms with Crippen LogP contribution in [0.25, 0.3) is 0 Å². The molecule has 2 N–H and O–H groups in total. The second kappa shape index (κ2) is 11.3. The van der Waals surface area contributed by atoms with Crippen molar-refractivity contribution in [3.8, 4) is 0 Å². The topological polar surface area (TPSA) is 33.7 Å². The Kier molecular flexibility index (Phi) is 9.82. The van der Waals surface area contributed by atoms with Crippen molar-refractivity contribution in [3.05, 3.63) is 70.3 Å². The van der Waals surface area contributed by atoms with Gasteiger partial charge in [-0.2, -0.15) is 0 Å². The number of benzene rings is 2. The molecular weight excluding hydrogens is 386 g/mol. The zero-order valence-corrected chi connectivity index (χ0v) is 18.1. The largest absolute Gasteiger partial charge is 1.00 e. The van der Waals surface area contributed by atoms with Gasteiger partial charge in [0.25, 0.3) is 0 Å². The summed E-state index contributed by atoms with van der Waals surface area (Å²) in [6.07, 6.45) is 4.79. The third-order valence-corrected chi connectivity index (χ3v) is 5.23. The smallest absolute Gasteiger partial charge is 0.322 e. The molecule has 0 heterocycles. The van der Waals surface area contributed by atoms with E-state index in [1.54, 1.807) is 0 Å². The Morgan fingerprint density at radius 3 is 2.27 bits per heavy atom. The monoisotopic (exact) mass is 417 g/mol. The lowest BCUT2D eigenvalue weighted by atomic mass is 9.85. The van der Waals surface area contributed by atoms with Gasteiger partial charge in [0.2, 0.25) is 0 Å². The second-order valence-corrected chi connectivity index (χ2v) is 7.02. The lowest BCUT2D eigenvalue weighted by Crippen LogP contribution is -3.00. The predicted molar refractivity (Wildman–Crippen MR) is 105 cm³/mol. The Hall–Kier alpha value is -1.45. The first-order chi connectivity index (χ1) is 12.1. The Labute approximate surface area is 169 Å². The first-order valence-corrected chi connectivity index (χ1v) is 9.55. The molecule has 0 aliphatic heterocycles. The Morgan fingerprint density at radius 1 is 0.923 bits per heavy atom. The standard InChI is InChI=1S/C23H31NO.BrH/c1-5-6-7-11-16-24-23(25)22(20-12-9-8-10-13-20)21-15-14-17(2)18(3)19(21)4;/h8-10,12-15,22H,5-7,11,16H2,1-4H3,(H,24,25);1H. The summed E-state index contributed by atoms with van der Waals surface area (Å²) in [5.74, 6) is 0.0423. The number of carbonyl (C=O) groups is 1. The number of aryl methyl sites for hydroxylation is 1. The number of unbranched alkanes of at least 4 members (excludes halogenated alkanes) is 3. The SMILES string of the molecule is CCCCCC[NH2+]C(=O)C(c1ccccc1)c1ccc(C)c(C)c1C.[Br-]. The molecule has 0 aliphatic carbocycles. The number of rotatable bonds is 8. The molecule has 0 bridgehead atoms. The van der Waals surface area contributed by atoms with Crippen molar-refractivity contribution >= 4 is 5.91 Å². The van der Waals surface area contributed by atoms with Crippen LogP contribution in [0, 0.1) is 20.8 Å². The zero-order valence-electron chi connectivity index (χ0n) is 16.5. The second-order valence-electron chi connectivity index (χ2n) is 7.02. The van der Waals surface area contributed by atoms with Gasteiger partial charge in [0.1, 0.15) is 5.92 Å². The molecular formula is C23H32BrNO. The van der Waals surface area contributed by atoms with Crippen LogP contribution >= 0.6 is 0 Å². The van der Waals surface area contributed by atoms with Crippen LogP contribution in [0.2, 0.25) is 0 Å². The minimum absolute atomic E-state index is 0. The minimum Gasteiger partial charge on any atom is -1.00 e. The fraction of sp³-hybridized carbons (Fsp3) is 0.435. The maximum absolute atomic E-state index is 13.1. The van der Waals surface area contributed by atoms with Crippen molar-refractivity contribution in [3.63, 3.8) is 0 Å².